The second-order valence-electron chi connectivity index (χ2n) is 5.77. The summed E-state index contributed by atoms with van der Waals surface area (Å²) in [6.07, 6.45) is 5.99. The molecule has 11 heteroatoms. The molecule has 31 heavy (non-hydrogen) atoms. The quantitative estimate of drug-likeness (QED) is 0.195. The van der Waals surface area contributed by atoms with E-state index in [4.69, 9.17) is 21.5 Å². The number of hydrogen-bond acceptors (Lipinski definition) is 7. The largest absolute Gasteiger partial charge is 0.394 e. The maximum absolute atomic E-state index is 14.8. The lowest BCUT2D eigenvalue weighted by Crippen LogP contribution is -2.26. The van der Waals surface area contributed by atoms with Crippen LogP contribution in [-0.2, 0) is 9.68 Å². The van der Waals surface area contributed by atoms with Crippen LogP contribution >= 0.6 is 0 Å². The molecular formula is C20H18F3N3O5. The number of benzene rings is 2. The zero-order chi connectivity index (χ0) is 22.8. The maximum atomic E-state index is 14.8. The summed E-state index contributed by atoms with van der Waals surface area (Å²) in [7, 11) is 0. The summed E-state index contributed by atoms with van der Waals surface area (Å²) in [6, 6.07) is 4.49. The number of hydroxylamine groups is 1. The van der Waals surface area contributed by atoms with Gasteiger partial charge in [-0.3, -0.25) is 9.63 Å². The Morgan fingerprint density at radius 1 is 1.16 bits per heavy atom. The van der Waals surface area contributed by atoms with Crippen LogP contribution in [0.15, 0.2) is 29.4 Å². The van der Waals surface area contributed by atoms with E-state index < -0.39 is 46.8 Å². The van der Waals surface area contributed by atoms with Crippen LogP contribution in [0.25, 0.3) is 0 Å². The molecule has 0 atom stereocenters. The van der Waals surface area contributed by atoms with E-state index in [2.05, 4.69) is 21.2 Å². The Bertz CT molecular complexity index is 1010. The summed E-state index contributed by atoms with van der Waals surface area (Å²) < 4.78 is 43.6. The van der Waals surface area contributed by atoms with Crippen LogP contribution in [0.3, 0.4) is 0 Å². The molecule has 0 radical (unpaired) electrons. The van der Waals surface area contributed by atoms with E-state index in [0.29, 0.717) is 0 Å². The third-order valence-electron chi connectivity index (χ3n) is 3.68. The van der Waals surface area contributed by atoms with E-state index in [1.165, 1.54) is 12.1 Å². The summed E-state index contributed by atoms with van der Waals surface area (Å²) in [4.78, 5) is 21.8. The van der Waals surface area contributed by atoms with Gasteiger partial charge in [-0.1, -0.05) is 11.1 Å². The van der Waals surface area contributed by atoms with Gasteiger partial charge in [-0.15, -0.1) is 6.42 Å². The fraction of sp³-hybridized carbons (Fsp3) is 0.200. The van der Waals surface area contributed by atoms with E-state index in [1.54, 1.807) is 0 Å². The van der Waals surface area contributed by atoms with Crippen LogP contribution in [0, 0.1) is 29.8 Å². The molecule has 2 rings (SSSR count). The predicted molar refractivity (Wildman–Crippen MR) is 105 cm³/mol. The molecule has 4 N–H and O–H groups in total. The van der Waals surface area contributed by atoms with Crippen molar-refractivity contribution in [2.45, 2.75) is 0 Å². The lowest BCUT2D eigenvalue weighted by Gasteiger charge is -2.15. The Kier molecular flexibility index (Phi) is 8.83. The molecule has 164 valence electrons. The summed E-state index contributed by atoms with van der Waals surface area (Å²) in [5, 5.41) is 23.1. The van der Waals surface area contributed by atoms with Gasteiger partial charge in [0.05, 0.1) is 43.0 Å². The van der Waals surface area contributed by atoms with Crippen molar-refractivity contribution in [3.63, 3.8) is 0 Å². The van der Waals surface area contributed by atoms with E-state index >= 15 is 0 Å². The fourth-order valence-electron chi connectivity index (χ4n) is 2.29. The van der Waals surface area contributed by atoms with E-state index in [9.17, 15) is 18.0 Å². The molecule has 0 fully saturated rings. The summed E-state index contributed by atoms with van der Waals surface area (Å²) in [5.74, 6) is -2.54. The molecule has 0 aromatic heterocycles. The number of aliphatic hydroxyl groups is 2. The number of halogens is 3. The highest BCUT2D eigenvalue weighted by Crippen LogP contribution is 2.30. The Morgan fingerprint density at radius 2 is 1.90 bits per heavy atom. The highest BCUT2D eigenvalue weighted by Gasteiger charge is 2.23. The van der Waals surface area contributed by atoms with Gasteiger partial charge in [-0.25, -0.2) is 18.7 Å². The lowest BCUT2D eigenvalue weighted by molar-refractivity contribution is 0.0168. The third-order valence-corrected chi connectivity index (χ3v) is 3.68. The van der Waals surface area contributed by atoms with Gasteiger partial charge < -0.3 is 20.4 Å². The molecule has 2 aromatic carbocycles. The Morgan fingerprint density at radius 3 is 2.55 bits per heavy atom. The van der Waals surface area contributed by atoms with Crippen LogP contribution in [0.2, 0.25) is 0 Å². The predicted octanol–water partition coefficient (Wildman–Crippen LogP) is 1.83. The minimum absolute atomic E-state index is 0.185. The molecule has 0 saturated carbocycles. The average Bonchev–Trinajstić information content (AvgIpc) is 2.76. The van der Waals surface area contributed by atoms with Gasteiger partial charge in [0.2, 0.25) is 0 Å². The highest BCUT2D eigenvalue weighted by atomic mass is 19.2. The Labute approximate surface area is 175 Å². The second kappa shape index (κ2) is 11.6. The number of hydrogen-bond donors (Lipinski definition) is 4. The summed E-state index contributed by atoms with van der Waals surface area (Å²) in [6.45, 7) is -1.20. The normalized spacial score (nSPS) is 10.7. The SMILES string of the molecule is C#Cc1ccc(Nc2c(C(=O)NOCCO)cc(C=NOCCO)c(F)c2F)c(F)c1. The molecule has 0 aliphatic heterocycles. The Balaban J connectivity index is 2.49. The summed E-state index contributed by atoms with van der Waals surface area (Å²) in [5.41, 5.74) is 0.309. The van der Waals surface area contributed by atoms with Gasteiger partial charge in [0, 0.05) is 11.1 Å². The van der Waals surface area contributed by atoms with Crippen LogP contribution in [-0.4, -0.2) is 48.8 Å². The zero-order valence-corrected chi connectivity index (χ0v) is 16.0. The fourth-order valence-corrected chi connectivity index (χ4v) is 2.29. The second-order valence-corrected chi connectivity index (χ2v) is 5.77. The molecule has 0 heterocycles. The van der Waals surface area contributed by atoms with E-state index in [0.717, 1.165) is 18.3 Å². The van der Waals surface area contributed by atoms with Crippen LogP contribution in [0.4, 0.5) is 24.5 Å². The molecule has 0 aliphatic carbocycles. The molecular weight excluding hydrogens is 419 g/mol. The first kappa shape index (κ1) is 23.7. The number of anilines is 2. The molecule has 0 spiro atoms. The minimum atomic E-state index is -1.50. The van der Waals surface area contributed by atoms with Crippen molar-refractivity contribution >= 4 is 23.5 Å². The van der Waals surface area contributed by atoms with Crippen molar-refractivity contribution in [2.24, 2.45) is 5.16 Å². The number of nitrogens with one attached hydrogen (secondary N) is 2. The van der Waals surface area contributed by atoms with Gasteiger partial charge in [-0.05, 0) is 24.3 Å². The van der Waals surface area contributed by atoms with Gasteiger partial charge in [0.15, 0.2) is 11.6 Å². The standard InChI is InChI=1S/C20H18F3N3O5/c1-2-12-3-4-16(15(21)9-12)25-19-14(20(29)26-31-8-6-28)10-13(17(22)18(19)23)11-24-30-7-5-27/h1,3-4,9-11,25,27-28H,5-8H2,(H,26,29). The first-order chi connectivity index (χ1) is 14.9. The molecule has 0 saturated heterocycles. The van der Waals surface area contributed by atoms with E-state index in [1.807, 2.05) is 5.48 Å². The first-order valence-electron chi connectivity index (χ1n) is 8.77. The molecule has 8 nitrogen and oxygen atoms in total. The summed E-state index contributed by atoms with van der Waals surface area (Å²) >= 11 is 0. The van der Waals surface area contributed by atoms with Crippen LogP contribution in [0.5, 0.6) is 0 Å². The van der Waals surface area contributed by atoms with Crippen LogP contribution < -0.4 is 10.8 Å². The third kappa shape index (κ3) is 6.19. The molecule has 2 aromatic rings. The van der Waals surface area contributed by atoms with Gasteiger partial charge in [-0.2, -0.15) is 0 Å². The van der Waals surface area contributed by atoms with Crippen molar-refractivity contribution in [1.29, 1.82) is 0 Å². The highest BCUT2D eigenvalue weighted by molar-refractivity contribution is 6.01. The monoisotopic (exact) mass is 437 g/mol. The van der Waals surface area contributed by atoms with Crippen molar-refractivity contribution < 1.29 is 37.9 Å². The van der Waals surface area contributed by atoms with Gasteiger partial charge in [0.25, 0.3) is 5.91 Å². The number of aliphatic hydroxyl groups excluding tert-OH is 2. The van der Waals surface area contributed by atoms with Crippen molar-refractivity contribution in [3.8, 4) is 12.3 Å². The molecule has 1 amide bonds. The van der Waals surface area contributed by atoms with Gasteiger partial charge >= 0.3 is 0 Å². The molecule has 0 aliphatic rings. The van der Waals surface area contributed by atoms with Gasteiger partial charge in [0.1, 0.15) is 12.4 Å². The smallest absolute Gasteiger partial charge is 0.277 e. The number of amides is 1. The molecule has 0 unspecified atom stereocenters. The number of carbonyl (C=O) groups is 1. The number of nitrogens with zero attached hydrogens (tertiary/aromatic N) is 1. The lowest BCUT2D eigenvalue weighted by atomic mass is 10.1. The maximum Gasteiger partial charge on any atom is 0.277 e. The van der Waals surface area contributed by atoms with Crippen molar-refractivity contribution in [3.05, 3.63) is 58.4 Å². The number of terminal acetylenes is 1. The van der Waals surface area contributed by atoms with Crippen LogP contribution in [0.1, 0.15) is 21.5 Å². The number of carbonyl (C=O) groups excluding carboxylic acids is 1. The average molecular weight is 437 g/mol. The first-order valence-corrected chi connectivity index (χ1v) is 8.77. The van der Waals surface area contributed by atoms with E-state index in [-0.39, 0.29) is 31.1 Å². The van der Waals surface area contributed by atoms with Crippen molar-refractivity contribution in [1.82, 2.24) is 5.48 Å². The number of oxime groups is 1. The number of rotatable bonds is 10. The topological polar surface area (TPSA) is 112 Å². The molecule has 0 bridgehead atoms. The minimum Gasteiger partial charge on any atom is -0.394 e. The van der Waals surface area contributed by atoms with Crippen molar-refractivity contribution in [2.75, 3.05) is 31.7 Å². The zero-order valence-electron chi connectivity index (χ0n) is 16.0. The Hall–Kier alpha value is -3.59.